The quantitative estimate of drug-likeness (QED) is 0.776. The third kappa shape index (κ3) is 3.47. The Hall–Kier alpha value is -1.16. The number of aromatic nitrogens is 2. The molecule has 0 aromatic carbocycles. The van der Waals surface area contributed by atoms with E-state index in [1.807, 2.05) is 13.0 Å². The molecule has 1 atom stereocenters. The molecule has 0 saturated carbocycles. The molecule has 0 unspecified atom stereocenters. The largest absolute Gasteiger partial charge is 0.394 e. The van der Waals surface area contributed by atoms with Crippen molar-refractivity contribution in [1.29, 1.82) is 0 Å². The van der Waals surface area contributed by atoms with E-state index in [0.717, 1.165) is 18.1 Å². The van der Waals surface area contributed by atoms with Crippen LogP contribution in [-0.4, -0.2) is 27.7 Å². The maximum Gasteiger partial charge on any atom is 0.133 e. The lowest BCUT2D eigenvalue weighted by Crippen LogP contribution is -2.23. The van der Waals surface area contributed by atoms with Crippen molar-refractivity contribution in [2.24, 2.45) is 0 Å². The predicted octanol–water partition coefficient (Wildman–Crippen LogP) is 1.78. The van der Waals surface area contributed by atoms with E-state index in [9.17, 15) is 0 Å². The molecule has 0 amide bonds. The van der Waals surface area contributed by atoms with E-state index >= 15 is 0 Å². The SMILES string of the molecule is CC[C@H](CO)Nc1ccnc(C(C)C)n1. The van der Waals surface area contributed by atoms with E-state index < -0.39 is 0 Å². The van der Waals surface area contributed by atoms with Crippen LogP contribution in [0.3, 0.4) is 0 Å². The van der Waals surface area contributed by atoms with Gasteiger partial charge in [0.2, 0.25) is 0 Å². The van der Waals surface area contributed by atoms with Crippen LogP contribution in [0.4, 0.5) is 5.82 Å². The van der Waals surface area contributed by atoms with E-state index in [0.29, 0.717) is 5.92 Å². The van der Waals surface area contributed by atoms with Crippen molar-refractivity contribution in [2.75, 3.05) is 11.9 Å². The molecule has 4 nitrogen and oxygen atoms in total. The molecule has 1 rings (SSSR count). The summed E-state index contributed by atoms with van der Waals surface area (Å²) in [6.07, 6.45) is 2.62. The van der Waals surface area contributed by atoms with E-state index in [1.165, 1.54) is 0 Å². The zero-order valence-corrected chi connectivity index (χ0v) is 9.57. The van der Waals surface area contributed by atoms with Gasteiger partial charge in [-0.1, -0.05) is 20.8 Å². The summed E-state index contributed by atoms with van der Waals surface area (Å²) in [4.78, 5) is 8.56. The average molecular weight is 209 g/mol. The number of nitrogens with zero attached hydrogens (tertiary/aromatic N) is 2. The molecule has 1 heterocycles. The minimum Gasteiger partial charge on any atom is -0.394 e. The molecule has 0 spiro atoms. The van der Waals surface area contributed by atoms with Crippen molar-refractivity contribution in [3.05, 3.63) is 18.1 Å². The summed E-state index contributed by atoms with van der Waals surface area (Å²) in [6.45, 7) is 6.26. The summed E-state index contributed by atoms with van der Waals surface area (Å²) >= 11 is 0. The summed E-state index contributed by atoms with van der Waals surface area (Å²) in [5, 5.41) is 12.2. The lowest BCUT2D eigenvalue weighted by molar-refractivity contribution is 0.271. The molecule has 1 aromatic rings. The normalized spacial score (nSPS) is 12.9. The Kier molecular flexibility index (Phi) is 4.49. The van der Waals surface area contributed by atoms with Gasteiger partial charge in [-0.25, -0.2) is 9.97 Å². The smallest absolute Gasteiger partial charge is 0.133 e. The standard InChI is InChI=1S/C11H19N3O/c1-4-9(7-15)13-10-5-6-12-11(14-10)8(2)3/h5-6,8-9,15H,4,7H2,1-3H3,(H,12,13,14)/t9-/m1/s1. The number of aliphatic hydroxyl groups excluding tert-OH is 1. The lowest BCUT2D eigenvalue weighted by atomic mass is 10.2. The Bertz CT molecular complexity index is 298. The van der Waals surface area contributed by atoms with Gasteiger partial charge in [0.15, 0.2) is 0 Å². The van der Waals surface area contributed by atoms with Gasteiger partial charge < -0.3 is 10.4 Å². The van der Waals surface area contributed by atoms with Crippen LogP contribution < -0.4 is 5.32 Å². The van der Waals surface area contributed by atoms with Gasteiger partial charge in [-0.2, -0.15) is 0 Å². The van der Waals surface area contributed by atoms with Gasteiger partial charge in [0.25, 0.3) is 0 Å². The highest BCUT2D eigenvalue weighted by molar-refractivity contribution is 5.34. The van der Waals surface area contributed by atoms with Crippen molar-refractivity contribution in [3.63, 3.8) is 0 Å². The molecule has 4 heteroatoms. The highest BCUT2D eigenvalue weighted by Crippen LogP contribution is 2.12. The minimum absolute atomic E-state index is 0.0694. The molecular formula is C11H19N3O. The fourth-order valence-corrected chi connectivity index (χ4v) is 1.22. The Balaban J connectivity index is 2.72. The van der Waals surface area contributed by atoms with Gasteiger partial charge >= 0.3 is 0 Å². The number of aliphatic hydroxyl groups is 1. The van der Waals surface area contributed by atoms with Crippen molar-refractivity contribution in [3.8, 4) is 0 Å². The molecule has 84 valence electrons. The molecule has 0 aliphatic rings. The second-order valence-corrected chi connectivity index (χ2v) is 3.89. The van der Waals surface area contributed by atoms with Crippen LogP contribution in [0, 0.1) is 0 Å². The highest BCUT2D eigenvalue weighted by Gasteiger charge is 2.07. The average Bonchev–Trinajstić information content (AvgIpc) is 2.26. The first-order chi connectivity index (χ1) is 7.17. The molecule has 0 radical (unpaired) electrons. The Morgan fingerprint density at radius 3 is 2.73 bits per heavy atom. The van der Waals surface area contributed by atoms with Crippen LogP contribution in [0.25, 0.3) is 0 Å². The number of hydrogen-bond donors (Lipinski definition) is 2. The summed E-state index contributed by atoms with van der Waals surface area (Å²) in [5.41, 5.74) is 0. The molecule has 0 aliphatic carbocycles. The second kappa shape index (κ2) is 5.66. The first kappa shape index (κ1) is 11.9. The highest BCUT2D eigenvalue weighted by atomic mass is 16.3. The second-order valence-electron chi connectivity index (χ2n) is 3.89. The van der Waals surface area contributed by atoms with E-state index in [-0.39, 0.29) is 12.6 Å². The summed E-state index contributed by atoms with van der Waals surface area (Å²) in [7, 11) is 0. The van der Waals surface area contributed by atoms with Crippen LogP contribution in [-0.2, 0) is 0 Å². The summed E-state index contributed by atoms with van der Waals surface area (Å²) in [5.74, 6) is 1.93. The minimum atomic E-state index is 0.0694. The van der Waals surface area contributed by atoms with Crippen molar-refractivity contribution in [2.45, 2.75) is 39.2 Å². The third-order valence-corrected chi connectivity index (χ3v) is 2.26. The van der Waals surface area contributed by atoms with E-state index in [4.69, 9.17) is 5.11 Å². The van der Waals surface area contributed by atoms with Gasteiger partial charge in [0.1, 0.15) is 11.6 Å². The molecule has 0 bridgehead atoms. The van der Waals surface area contributed by atoms with Crippen LogP contribution >= 0.6 is 0 Å². The first-order valence-corrected chi connectivity index (χ1v) is 5.37. The Morgan fingerprint density at radius 1 is 1.47 bits per heavy atom. The molecule has 0 saturated heterocycles. The molecule has 2 N–H and O–H groups in total. The van der Waals surface area contributed by atoms with Gasteiger partial charge in [-0.05, 0) is 12.5 Å². The fourth-order valence-electron chi connectivity index (χ4n) is 1.22. The molecule has 0 aliphatic heterocycles. The van der Waals surface area contributed by atoms with E-state index in [1.54, 1.807) is 6.20 Å². The zero-order chi connectivity index (χ0) is 11.3. The third-order valence-electron chi connectivity index (χ3n) is 2.26. The van der Waals surface area contributed by atoms with E-state index in [2.05, 4.69) is 29.1 Å². The first-order valence-electron chi connectivity index (χ1n) is 5.37. The topological polar surface area (TPSA) is 58.0 Å². The Labute approximate surface area is 90.8 Å². The number of hydrogen-bond acceptors (Lipinski definition) is 4. The van der Waals surface area contributed by atoms with Crippen molar-refractivity contribution >= 4 is 5.82 Å². The Morgan fingerprint density at radius 2 is 2.20 bits per heavy atom. The van der Waals surface area contributed by atoms with Crippen LogP contribution in [0.2, 0.25) is 0 Å². The van der Waals surface area contributed by atoms with Gasteiger partial charge in [0.05, 0.1) is 12.6 Å². The monoisotopic (exact) mass is 209 g/mol. The summed E-state index contributed by atoms with van der Waals surface area (Å²) in [6, 6.07) is 1.89. The number of nitrogens with one attached hydrogen (secondary N) is 1. The van der Waals surface area contributed by atoms with Crippen molar-refractivity contribution < 1.29 is 5.11 Å². The van der Waals surface area contributed by atoms with Crippen LogP contribution in [0.5, 0.6) is 0 Å². The number of anilines is 1. The van der Waals surface area contributed by atoms with Gasteiger partial charge in [0, 0.05) is 12.1 Å². The zero-order valence-electron chi connectivity index (χ0n) is 9.57. The number of rotatable bonds is 5. The summed E-state index contributed by atoms with van der Waals surface area (Å²) < 4.78 is 0. The molecular weight excluding hydrogens is 190 g/mol. The van der Waals surface area contributed by atoms with Crippen LogP contribution in [0.15, 0.2) is 12.3 Å². The lowest BCUT2D eigenvalue weighted by Gasteiger charge is -2.15. The predicted molar refractivity (Wildman–Crippen MR) is 60.9 cm³/mol. The van der Waals surface area contributed by atoms with Crippen molar-refractivity contribution in [1.82, 2.24) is 9.97 Å². The molecule has 15 heavy (non-hydrogen) atoms. The maximum absolute atomic E-state index is 9.06. The maximum atomic E-state index is 9.06. The van der Waals surface area contributed by atoms with Crippen LogP contribution in [0.1, 0.15) is 38.9 Å². The van der Waals surface area contributed by atoms with Gasteiger partial charge in [-0.15, -0.1) is 0 Å². The fraction of sp³-hybridized carbons (Fsp3) is 0.636. The van der Waals surface area contributed by atoms with Gasteiger partial charge in [-0.3, -0.25) is 0 Å². The molecule has 0 fully saturated rings. The molecule has 1 aromatic heterocycles.